The molecule has 2 nitrogen and oxygen atoms in total. The largest absolute Gasteiger partial charge is 0.332 e. The van der Waals surface area contributed by atoms with Gasteiger partial charge in [0.15, 0.2) is 5.11 Å². The van der Waals surface area contributed by atoms with Crippen molar-refractivity contribution in [2.75, 3.05) is 10.6 Å². The number of benzene rings is 4. The van der Waals surface area contributed by atoms with Crippen molar-refractivity contribution in [3.05, 3.63) is 131 Å². The number of rotatable bonds is 6. The zero-order valence-corrected chi connectivity index (χ0v) is 18.4. The molecule has 4 aromatic carbocycles. The van der Waals surface area contributed by atoms with Gasteiger partial charge < -0.3 is 10.6 Å². The minimum absolute atomic E-state index is 0.560. The fourth-order valence-corrected chi connectivity index (χ4v) is 3.40. The summed E-state index contributed by atoms with van der Waals surface area (Å²) in [6.07, 6.45) is 8.41. The number of nitrogens with one attached hydrogen (secondary N) is 2. The zero-order chi connectivity index (χ0) is 22.0. The van der Waals surface area contributed by atoms with Gasteiger partial charge in [0.25, 0.3) is 0 Å². The van der Waals surface area contributed by atoms with Gasteiger partial charge in [-0.3, -0.25) is 0 Å². The minimum atomic E-state index is 0.560. The van der Waals surface area contributed by atoms with Crippen molar-refractivity contribution >= 4 is 53.0 Å². The number of hydrogen-bond acceptors (Lipinski definition) is 1. The summed E-state index contributed by atoms with van der Waals surface area (Å²) in [6, 6.07) is 36.9. The summed E-state index contributed by atoms with van der Waals surface area (Å²) in [5.74, 6) is 0. The van der Waals surface area contributed by atoms with Crippen LogP contribution in [0.4, 0.5) is 11.4 Å². The van der Waals surface area contributed by atoms with Gasteiger partial charge in [0, 0.05) is 11.4 Å². The molecule has 0 unspecified atom stereocenters. The molecule has 0 radical (unpaired) electrons. The minimum Gasteiger partial charge on any atom is -0.332 e. The lowest BCUT2D eigenvalue weighted by atomic mass is 10.1. The van der Waals surface area contributed by atoms with E-state index in [2.05, 4.69) is 83.5 Å². The highest BCUT2D eigenvalue weighted by Crippen LogP contribution is 2.15. The first-order chi connectivity index (χ1) is 15.7. The molecule has 3 heteroatoms. The first-order valence-electron chi connectivity index (χ1n) is 10.5. The molecule has 4 aromatic rings. The van der Waals surface area contributed by atoms with Crippen molar-refractivity contribution in [2.45, 2.75) is 0 Å². The van der Waals surface area contributed by atoms with Gasteiger partial charge in [0.2, 0.25) is 0 Å². The Morgan fingerprint density at radius 2 is 0.750 bits per heavy atom. The Morgan fingerprint density at radius 1 is 0.438 bits per heavy atom. The highest BCUT2D eigenvalue weighted by molar-refractivity contribution is 7.80. The Kier molecular flexibility index (Phi) is 7.25. The topological polar surface area (TPSA) is 24.1 Å². The van der Waals surface area contributed by atoms with E-state index in [0.717, 1.165) is 22.5 Å². The van der Waals surface area contributed by atoms with Crippen LogP contribution in [0.3, 0.4) is 0 Å². The summed E-state index contributed by atoms with van der Waals surface area (Å²) in [4.78, 5) is 0. The molecule has 0 aliphatic rings. The van der Waals surface area contributed by atoms with Crippen LogP contribution in [0.25, 0.3) is 24.3 Å². The van der Waals surface area contributed by atoms with Crippen LogP contribution in [0.15, 0.2) is 109 Å². The molecule has 156 valence electrons. The number of anilines is 2. The maximum absolute atomic E-state index is 5.46. The molecule has 32 heavy (non-hydrogen) atoms. The van der Waals surface area contributed by atoms with E-state index in [-0.39, 0.29) is 0 Å². The van der Waals surface area contributed by atoms with Gasteiger partial charge in [-0.15, -0.1) is 0 Å². The molecular weight excluding hydrogens is 408 g/mol. The highest BCUT2D eigenvalue weighted by atomic mass is 32.1. The van der Waals surface area contributed by atoms with Gasteiger partial charge in [0.1, 0.15) is 0 Å². The van der Waals surface area contributed by atoms with Gasteiger partial charge >= 0.3 is 0 Å². The van der Waals surface area contributed by atoms with Gasteiger partial charge in [0.05, 0.1) is 0 Å². The second-order valence-electron chi connectivity index (χ2n) is 7.31. The first-order valence-corrected chi connectivity index (χ1v) is 10.9. The lowest BCUT2D eigenvalue weighted by molar-refractivity contribution is 1.57. The third kappa shape index (κ3) is 6.53. The van der Waals surface area contributed by atoms with E-state index < -0.39 is 0 Å². The van der Waals surface area contributed by atoms with E-state index in [9.17, 15) is 0 Å². The van der Waals surface area contributed by atoms with Crippen LogP contribution in [-0.2, 0) is 0 Å². The second kappa shape index (κ2) is 10.9. The van der Waals surface area contributed by atoms with E-state index in [1.54, 1.807) is 0 Å². The lowest BCUT2D eigenvalue weighted by Crippen LogP contribution is -2.18. The van der Waals surface area contributed by atoms with E-state index in [1.165, 1.54) is 11.1 Å². The summed E-state index contributed by atoms with van der Waals surface area (Å²) >= 11 is 5.46. The fraction of sp³-hybridized carbons (Fsp3) is 0. The summed E-state index contributed by atoms with van der Waals surface area (Å²) in [5.41, 5.74) is 6.53. The Morgan fingerprint density at radius 3 is 1.09 bits per heavy atom. The second-order valence-corrected chi connectivity index (χ2v) is 7.72. The summed E-state index contributed by atoms with van der Waals surface area (Å²) in [7, 11) is 0. The van der Waals surface area contributed by atoms with Crippen molar-refractivity contribution in [2.24, 2.45) is 0 Å². The molecule has 2 N–H and O–H groups in total. The SMILES string of the molecule is S=C(Nc1ccc(C=Cc2ccccc2)cc1)Nc1ccc(C=Cc2ccccc2)cc1. The van der Waals surface area contributed by atoms with E-state index in [1.807, 2.05) is 60.7 Å². The molecule has 0 atom stereocenters. The van der Waals surface area contributed by atoms with Crippen LogP contribution in [-0.4, -0.2) is 5.11 Å². The van der Waals surface area contributed by atoms with Crippen molar-refractivity contribution in [3.8, 4) is 0 Å². The van der Waals surface area contributed by atoms with Gasteiger partial charge in [-0.25, -0.2) is 0 Å². The third-order valence-electron chi connectivity index (χ3n) is 4.87. The van der Waals surface area contributed by atoms with E-state index in [0.29, 0.717) is 5.11 Å². The molecule has 0 bridgehead atoms. The summed E-state index contributed by atoms with van der Waals surface area (Å²) in [6.45, 7) is 0. The first kappa shape index (κ1) is 21.3. The predicted molar refractivity (Wildman–Crippen MR) is 143 cm³/mol. The molecule has 0 spiro atoms. The van der Waals surface area contributed by atoms with Crippen molar-refractivity contribution < 1.29 is 0 Å². The molecule has 0 aliphatic carbocycles. The predicted octanol–water partition coefficient (Wildman–Crippen LogP) is 7.84. The van der Waals surface area contributed by atoms with Crippen LogP contribution in [0.5, 0.6) is 0 Å². The number of hydrogen-bond donors (Lipinski definition) is 2. The fourth-order valence-electron chi connectivity index (χ4n) is 3.16. The molecular formula is C29H24N2S. The monoisotopic (exact) mass is 432 g/mol. The molecule has 0 aliphatic heterocycles. The smallest absolute Gasteiger partial charge is 0.175 e. The average molecular weight is 433 g/mol. The van der Waals surface area contributed by atoms with Crippen molar-refractivity contribution in [1.29, 1.82) is 0 Å². The van der Waals surface area contributed by atoms with Crippen molar-refractivity contribution in [1.82, 2.24) is 0 Å². The van der Waals surface area contributed by atoms with Crippen molar-refractivity contribution in [3.63, 3.8) is 0 Å². The molecule has 0 heterocycles. The number of thiocarbonyl (C=S) groups is 1. The summed E-state index contributed by atoms with van der Waals surface area (Å²) < 4.78 is 0. The maximum atomic E-state index is 5.46. The zero-order valence-electron chi connectivity index (χ0n) is 17.6. The Labute approximate surface area is 195 Å². The Hall–Kier alpha value is -3.95. The average Bonchev–Trinajstić information content (AvgIpc) is 2.84. The van der Waals surface area contributed by atoms with Gasteiger partial charge in [-0.05, 0) is 58.7 Å². The summed E-state index contributed by atoms with van der Waals surface area (Å²) in [5, 5.41) is 7.03. The molecule has 0 amide bonds. The van der Waals surface area contributed by atoms with Gasteiger partial charge in [-0.2, -0.15) is 0 Å². The molecule has 4 rings (SSSR count). The molecule has 0 saturated heterocycles. The molecule has 0 aromatic heterocycles. The van der Waals surface area contributed by atoms with Crippen LogP contribution in [0.2, 0.25) is 0 Å². The third-order valence-corrected chi connectivity index (χ3v) is 5.08. The molecule has 0 fully saturated rings. The highest BCUT2D eigenvalue weighted by Gasteiger charge is 1.99. The van der Waals surface area contributed by atoms with Gasteiger partial charge in [-0.1, -0.05) is 109 Å². The van der Waals surface area contributed by atoms with Crippen LogP contribution in [0, 0.1) is 0 Å². The Bertz CT molecular complexity index is 1100. The van der Waals surface area contributed by atoms with Crippen LogP contribution >= 0.6 is 12.2 Å². The molecule has 0 saturated carbocycles. The van der Waals surface area contributed by atoms with E-state index in [4.69, 9.17) is 12.2 Å². The Balaban J connectivity index is 1.29. The quantitative estimate of drug-likeness (QED) is 0.240. The van der Waals surface area contributed by atoms with Crippen LogP contribution in [0.1, 0.15) is 22.3 Å². The maximum Gasteiger partial charge on any atom is 0.175 e. The normalized spacial score (nSPS) is 11.0. The van der Waals surface area contributed by atoms with Crippen LogP contribution < -0.4 is 10.6 Å². The standard InChI is InChI=1S/C29H24N2S/c32-29(30-27-19-15-25(16-20-27)13-11-23-7-3-1-4-8-23)31-28-21-17-26(18-22-28)14-12-24-9-5-2-6-10-24/h1-22H,(H2,30,31,32). The van der Waals surface area contributed by atoms with E-state index >= 15 is 0 Å². The lowest BCUT2D eigenvalue weighted by Gasteiger charge is -2.11.